The van der Waals surface area contributed by atoms with E-state index in [1.807, 2.05) is 6.92 Å². The molecule has 4 nitrogen and oxygen atoms in total. The van der Waals surface area contributed by atoms with E-state index in [1.54, 1.807) is 0 Å². The highest BCUT2D eigenvalue weighted by Gasteiger charge is 2.31. The second-order valence-electron chi connectivity index (χ2n) is 4.61. The number of carbonyl (C=O) groups excluding carboxylic acids is 1. The number of nitrogens with two attached hydrogens (primary N) is 1. The number of hydrogen-bond donors (Lipinski definition) is 2. The van der Waals surface area contributed by atoms with Gasteiger partial charge in [-0.25, -0.2) is 0 Å². The van der Waals surface area contributed by atoms with Gasteiger partial charge in [-0.2, -0.15) is 0 Å². The minimum Gasteiger partial charge on any atom is -0.405 e. The molecule has 0 bridgehead atoms. The number of nitrogens with one attached hydrogen (secondary N) is 1. The second kappa shape index (κ2) is 7.65. The zero-order chi connectivity index (χ0) is 16.0. The summed E-state index contributed by atoms with van der Waals surface area (Å²) in [7, 11) is 0. The maximum absolute atomic E-state index is 12.1. The molecule has 8 heteroatoms. The summed E-state index contributed by atoms with van der Waals surface area (Å²) in [5.74, 6) is -0.579. The number of hydrogen-bond acceptors (Lipinski definition) is 3. The van der Waals surface area contributed by atoms with E-state index in [0.29, 0.717) is 18.5 Å². The Labute approximate surface area is 129 Å². The topological polar surface area (TPSA) is 64.4 Å². The predicted octanol–water partition coefficient (Wildman–Crippen LogP) is 3.80. The Morgan fingerprint density at radius 3 is 2.67 bits per heavy atom. The molecule has 3 N–H and O–H groups in total. The van der Waals surface area contributed by atoms with Gasteiger partial charge in [-0.15, -0.1) is 13.2 Å². The molecule has 0 fully saturated rings. The maximum Gasteiger partial charge on any atom is 0.573 e. The van der Waals surface area contributed by atoms with Gasteiger partial charge in [0.05, 0.1) is 4.47 Å². The number of alkyl halides is 3. The van der Waals surface area contributed by atoms with E-state index in [4.69, 9.17) is 5.73 Å². The summed E-state index contributed by atoms with van der Waals surface area (Å²) in [6.07, 6.45) is -3.07. The molecular formula is C13H16BrF3N2O2. The fraction of sp³-hybridized carbons (Fsp3) is 0.462. The Balaban J connectivity index is 2.57. The molecule has 0 heterocycles. The lowest BCUT2D eigenvalue weighted by Gasteiger charge is -2.12. The summed E-state index contributed by atoms with van der Waals surface area (Å²) in [4.78, 5) is 11.6. The molecule has 1 rings (SSSR count). The number of rotatable bonds is 6. The molecule has 0 aliphatic carbocycles. The Bertz CT molecular complexity index is 493. The van der Waals surface area contributed by atoms with E-state index >= 15 is 0 Å². The molecule has 0 radical (unpaired) electrons. The van der Waals surface area contributed by atoms with Crippen molar-refractivity contribution >= 4 is 27.5 Å². The standard InChI is InChI=1S/C13H16BrF3N2O2/c1-8(18)3-2-4-12(20)19-9-5-6-11(10(14)7-9)21-13(15,16)17/h5-8H,2-4,18H2,1H3,(H,19,20). The molecule has 1 unspecified atom stereocenters. The van der Waals surface area contributed by atoms with Crippen molar-refractivity contribution in [2.75, 3.05) is 5.32 Å². The van der Waals surface area contributed by atoms with E-state index in [2.05, 4.69) is 26.0 Å². The van der Waals surface area contributed by atoms with Crippen LogP contribution in [-0.2, 0) is 4.79 Å². The average molecular weight is 369 g/mol. The highest BCUT2D eigenvalue weighted by Crippen LogP contribution is 2.32. The van der Waals surface area contributed by atoms with Crippen LogP contribution in [0.3, 0.4) is 0 Å². The van der Waals surface area contributed by atoms with Crippen LogP contribution in [-0.4, -0.2) is 18.3 Å². The van der Waals surface area contributed by atoms with Crippen LogP contribution in [0.5, 0.6) is 5.75 Å². The molecular weight excluding hydrogens is 353 g/mol. The van der Waals surface area contributed by atoms with Crippen molar-refractivity contribution in [3.63, 3.8) is 0 Å². The lowest BCUT2D eigenvalue weighted by molar-refractivity contribution is -0.274. The largest absolute Gasteiger partial charge is 0.573 e. The van der Waals surface area contributed by atoms with Crippen LogP contribution in [0.25, 0.3) is 0 Å². The van der Waals surface area contributed by atoms with Crippen LogP contribution in [0.1, 0.15) is 26.2 Å². The van der Waals surface area contributed by atoms with Gasteiger partial charge in [0.15, 0.2) is 0 Å². The van der Waals surface area contributed by atoms with Crippen LogP contribution in [0.15, 0.2) is 22.7 Å². The van der Waals surface area contributed by atoms with Gasteiger partial charge in [-0.3, -0.25) is 4.79 Å². The van der Waals surface area contributed by atoms with E-state index < -0.39 is 6.36 Å². The zero-order valence-electron chi connectivity index (χ0n) is 11.3. The normalized spacial score (nSPS) is 12.9. The average Bonchev–Trinajstić information content (AvgIpc) is 2.30. The third-order valence-electron chi connectivity index (χ3n) is 2.50. The molecule has 0 aliphatic rings. The molecule has 1 atom stereocenters. The third-order valence-corrected chi connectivity index (χ3v) is 3.12. The third kappa shape index (κ3) is 7.33. The van der Waals surface area contributed by atoms with Crippen LogP contribution in [0.2, 0.25) is 0 Å². The molecule has 21 heavy (non-hydrogen) atoms. The molecule has 0 saturated heterocycles. The number of halogens is 4. The van der Waals surface area contributed by atoms with Gasteiger partial charge in [-0.1, -0.05) is 0 Å². The van der Waals surface area contributed by atoms with E-state index in [1.165, 1.54) is 12.1 Å². The van der Waals surface area contributed by atoms with E-state index in [-0.39, 0.29) is 22.2 Å². The molecule has 0 saturated carbocycles. The summed E-state index contributed by atoms with van der Waals surface area (Å²) in [6, 6.07) is 3.86. The first-order chi connectivity index (χ1) is 9.67. The number of anilines is 1. The molecule has 118 valence electrons. The Kier molecular flexibility index (Phi) is 6.47. The maximum atomic E-state index is 12.1. The minimum absolute atomic E-state index is 0.0331. The first-order valence-electron chi connectivity index (χ1n) is 6.28. The SMILES string of the molecule is CC(N)CCCC(=O)Nc1ccc(OC(F)(F)F)c(Br)c1. The van der Waals surface area contributed by atoms with Crippen LogP contribution < -0.4 is 15.8 Å². The number of amides is 1. The summed E-state index contributed by atoms with van der Waals surface area (Å²) >= 11 is 2.97. The Morgan fingerprint density at radius 2 is 2.14 bits per heavy atom. The zero-order valence-corrected chi connectivity index (χ0v) is 12.9. The van der Waals surface area contributed by atoms with E-state index in [0.717, 1.165) is 12.5 Å². The fourth-order valence-corrected chi connectivity index (χ4v) is 2.05. The molecule has 0 aromatic heterocycles. The van der Waals surface area contributed by atoms with Gasteiger partial charge >= 0.3 is 6.36 Å². The highest BCUT2D eigenvalue weighted by molar-refractivity contribution is 9.10. The van der Waals surface area contributed by atoms with Crippen LogP contribution in [0.4, 0.5) is 18.9 Å². The van der Waals surface area contributed by atoms with Gasteiger partial charge < -0.3 is 15.8 Å². The van der Waals surface area contributed by atoms with Gasteiger partial charge in [-0.05, 0) is 53.9 Å². The number of benzene rings is 1. The lowest BCUT2D eigenvalue weighted by Crippen LogP contribution is -2.18. The van der Waals surface area contributed by atoms with Crippen molar-refractivity contribution in [2.24, 2.45) is 5.73 Å². The first-order valence-corrected chi connectivity index (χ1v) is 7.07. The van der Waals surface area contributed by atoms with Crippen molar-refractivity contribution in [3.05, 3.63) is 22.7 Å². The van der Waals surface area contributed by atoms with Gasteiger partial charge in [0.2, 0.25) is 5.91 Å². The highest BCUT2D eigenvalue weighted by atomic mass is 79.9. The molecule has 1 amide bonds. The molecule has 0 spiro atoms. The lowest BCUT2D eigenvalue weighted by atomic mass is 10.1. The van der Waals surface area contributed by atoms with Crippen LogP contribution >= 0.6 is 15.9 Å². The van der Waals surface area contributed by atoms with Gasteiger partial charge in [0, 0.05) is 18.2 Å². The monoisotopic (exact) mass is 368 g/mol. The molecule has 1 aromatic rings. The van der Waals surface area contributed by atoms with Crippen molar-refractivity contribution in [3.8, 4) is 5.75 Å². The fourth-order valence-electron chi connectivity index (χ4n) is 1.59. The summed E-state index contributed by atoms with van der Waals surface area (Å²) in [5, 5.41) is 2.60. The second-order valence-corrected chi connectivity index (χ2v) is 5.47. The molecule has 0 aliphatic heterocycles. The minimum atomic E-state index is -4.76. The smallest absolute Gasteiger partial charge is 0.405 e. The summed E-state index contributed by atoms with van der Waals surface area (Å²) < 4.78 is 40.3. The van der Waals surface area contributed by atoms with Crippen molar-refractivity contribution in [2.45, 2.75) is 38.6 Å². The van der Waals surface area contributed by atoms with Crippen molar-refractivity contribution in [1.29, 1.82) is 0 Å². The molecule has 1 aromatic carbocycles. The van der Waals surface area contributed by atoms with Gasteiger partial charge in [0.25, 0.3) is 0 Å². The summed E-state index contributed by atoms with van der Waals surface area (Å²) in [5.41, 5.74) is 5.97. The predicted molar refractivity (Wildman–Crippen MR) is 77.0 cm³/mol. The van der Waals surface area contributed by atoms with Crippen LogP contribution in [0, 0.1) is 0 Å². The van der Waals surface area contributed by atoms with Crippen molar-refractivity contribution < 1.29 is 22.7 Å². The quantitative estimate of drug-likeness (QED) is 0.802. The number of ether oxygens (including phenoxy) is 1. The Hall–Kier alpha value is -1.28. The van der Waals surface area contributed by atoms with E-state index in [9.17, 15) is 18.0 Å². The number of carbonyl (C=O) groups is 1. The summed E-state index contributed by atoms with van der Waals surface area (Å²) in [6.45, 7) is 1.86. The van der Waals surface area contributed by atoms with Crippen molar-refractivity contribution in [1.82, 2.24) is 0 Å². The Morgan fingerprint density at radius 1 is 1.48 bits per heavy atom. The van der Waals surface area contributed by atoms with Gasteiger partial charge in [0.1, 0.15) is 5.75 Å². The first kappa shape index (κ1) is 17.8.